The van der Waals surface area contributed by atoms with Crippen LogP contribution in [0, 0.1) is 0 Å². The molecule has 0 aromatic heterocycles. The highest BCUT2D eigenvalue weighted by Crippen LogP contribution is 2.11. The second-order valence-electron chi connectivity index (χ2n) is 5.06. The number of amides is 1. The molecule has 0 fully saturated rings. The van der Waals surface area contributed by atoms with Crippen molar-refractivity contribution in [3.8, 4) is 0 Å². The second kappa shape index (κ2) is 14.3. The molecule has 0 spiro atoms. The number of carbonyl (C=O) groups excluding carboxylic acids is 1. The number of rotatable bonds is 13. The van der Waals surface area contributed by atoms with E-state index in [0.29, 0.717) is 6.61 Å². The highest BCUT2D eigenvalue weighted by molar-refractivity contribution is 5.64. The Hall–Kier alpha value is -0.730. The second-order valence-corrected chi connectivity index (χ2v) is 5.06. The number of unbranched alkanes of at least 4 members (excludes halogenated alkanes) is 11. The lowest BCUT2D eigenvalue weighted by Crippen LogP contribution is -2.13. The van der Waals surface area contributed by atoms with Crippen molar-refractivity contribution in [2.45, 2.75) is 84.0 Å². The molecule has 0 heterocycles. The lowest BCUT2D eigenvalue weighted by atomic mass is 10.1. The molecule has 108 valence electrons. The summed E-state index contributed by atoms with van der Waals surface area (Å²) in [5.41, 5.74) is 4.87. The van der Waals surface area contributed by atoms with Crippen molar-refractivity contribution in [2.75, 3.05) is 6.61 Å². The van der Waals surface area contributed by atoms with E-state index in [1.165, 1.54) is 64.2 Å². The molecule has 0 aromatic carbocycles. The van der Waals surface area contributed by atoms with E-state index >= 15 is 0 Å². The third-order valence-electron chi connectivity index (χ3n) is 3.24. The van der Waals surface area contributed by atoms with Gasteiger partial charge in [0.05, 0.1) is 6.61 Å². The van der Waals surface area contributed by atoms with E-state index in [2.05, 4.69) is 11.7 Å². The molecule has 0 radical (unpaired) electrons. The van der Waals surface area contributed by atoms with Crippen molar-refractivity contribution < 1.29 is 9.53 Å². The number of hydrogen-bond donors (Lipinski definition) is 1. The van der Waals surface area contributed by atoms with Crippen molar-refractivity contribution in [2.24, 2.45) is 5.73 Å². The molecule has 0 unspecified atom stereocenters. The number of ether oxygens (including phenoxy) is 1. The maximum absolute atomic E-state index is 10.3. The van der Waals surface area contributed by atoms with Crippen LogP contribution in [0.25, 0.3) is 0 Å². The molecule has 1 amide bonds. The summed E-state index contributed by atoms with van der Waals surface area (Å²) >= 11 is 0. The summed E-state index contributed by atoms with van der Waals surface area (Å²) in [5.74, 6) is 0. The normalized spacial score (nSPS) is 10.5. The molecule has 0 atom stereocenters. The highest BCUT2D eigenvalue weighted by atomic mass is 16.5. The van der Waals surface area contributed by atoms with Crippen LogP contribution in [-0.4, -0.2) is 12.7 Å². The van der Waals surface area contributed by atoms with E-state index in [9.17, 15) is 4.79 Å². The quantitative estimate of drug-likeness (QED) is 0.483. The van der Waals surface area contributed by atoms with Crippen LogP contribution >= 0.6 is 0 Å². The molecular weight excluding hydrogens is 226 g/mol. The molecule has 18 heavy (non-hydrogen) atoms. The van der Waals surface area contributed by atoms with Crippen molar-refractivity contribution in [1.82, 2.24) is 0 Å². The van der Waals surface area contributed by atoms with Gasteiger partial charge >= 0.3 is 6.09 Å². The summed E-state index contributed by atoms with van der Waals surface area (Å²) in [5, 5.41) is 0. The van der Waals surface area contributed by atoms with E-state index < -0.39 is 6.09 Å². The van der Waals surface area contributed by atoms with Gasteiger partial charge in [-0.3, -0.25) is 0 Å². The fourth-order valence-electron chi connectivity index (χ4n) is 2.12. The molecule has 0 aromatic rings. The maximum atomic E-state index is 10.3. The average Bonchev–Trinajstić information content (AvgIpc) is 2.34. The van der Waals surface area contributed by atoms with Crippen LogP contribution in [0.2, 0.25) is 0 Å². The molecule has 0 aliphatic rings. The van der Waals surface area contributed by atoms with Crippen molar-refractivity contribution >= 4 is 6.09 Å². The first-order valence-corrected chi connectivity index (χ1v) is 7.69. The molecule has 3 nitrogen and oxygen atoms in total. The van der Waals surface area contributed by atoms with Crippen molar-refractivity contribution in [3.05, 3.63) is 0 Å². The first kappa shape index (κ1) is 17.3. The minimum atomic E-state index is -0.655. The summed E-state index contributed by atoms with van der Waals surface area (Å²) in [6.45, 7) is 2.74. The summed E-state index contributed by atoms with van der Waals surface area (Å²) in [7, 11) is 0. The van der Waals surface area contributed by atoms with Gasteiger partial charge in [-0.05, 0) is 6.42 Å². The van der Waals surface area contributed by atoms with Gasteiger partial charge in [-0.15, -0.1) is 0 Å². The van der Waals surface area contributed by atoms with Gasteiger partial charge in [0.25, 0.3) is 0 Å². The van der Waals surface area contributed by atoms with Crippen LogP contribution < -0.4 is 5.73 Å². The van der Waals surface area contributed by atoms with E-state index in [1.807, 2.05) is 0 Å². The lowest BCUT2D eigenvalue weighted by molar-refractivity contribution is 0.154. The van der Waals surface area contributed by atoms with Crippen LogP contribution in [0.5, 0.6) is 0 Å². The van der Waals surface area contributed by atoms with Crippen molar-refractivity contribution in [3.63, 3.8) is 0 Å². The minimum Gasteiger partial charge on any atom is -0.450 e. The summed E-state index contributed by atoms with van der Waals surface area (Å²) in [6, 6.07) is 0. The number of nitrogens with two attached hydrogens (primary N) is 1. The SMILES string of the molecule is CCCCCCCCCCCCCCOC(N)=O. The van der Waals surface area contributed by atoms with Crippen LogP contribution in [0.1, 0.15) is 84.0 Å². The Bertz CT molecular complexity index is 183. The highest BCUT2D eigenvalue weighted by Gasteiger charge is 1.95. The molecule has 0 saturated heterocycles. The monoisotopic (exact) mass is 257 g/mol. The molecule has 0 aliphatic carbocycles. The van der Waals surface area contributed by atoms with Gasteiger partial charge in [0, 0.05) is 0 Å². The van der Waals surface area contributed by atoms with E-state index in [0.717, 1.165) is 12.8 Å². The molecule has 2 N–H and O–H groups in total. The summed E-state index contributed by atoms with van der Waals surface area (Å²) < 4.78 is 4.67. The van der Waals surface area contributed by atoms with Gasteiger partial charge < -0.3 is 10.5 Å². The molecule has 0 rings (SSSR count). The third kappa shape index (κ3) is 15.3. The summed E-state index contributed by atoms with van der Waals surface area (Å²) in [6.07, 6.45) is 15.1. The Morgan fingerprint density at radius 3 is 1.56 bits per heavy atom. The largest absolute Gasteiger partial charge is 0.450 e. The van der Waals surface area contributed by atoms with E-state index in [1.54, 1.807) is 0 Å². The number of primary amides is 1. The molecule has 0 aliphatic heterocycles. The number of carbonyl (C=O) groups is 1. The minimum absolute atomic E-state index is 0.479. The maximum Gasteiger partial charge on any atom is 0.404 e. The number of hydrogen-bond acceptors (Lipinski definition) is 2. The van der Waals surface area contributed by atoms with Gasteiger partial charge in [0.15, 0.2) is 0 Å². The first-order valence-electron chi connectivity index (χ1n) is 7.69. The topological polar surface area (TPSA) is 52.3 Å². The van der Waals surface area contributed by atoms with Crippen LogP contribution in [0.4, 0.5) is 4.79 Å². The third-order valence-corrected chi connectivity index (χ3v) is 3.24. The van der Waals surface area contributed by atoms with E-state index in [-0.39, 0.29) is 0 Å². The van der Waals surface area contributed by atoms with Crippen molar-refractivity contribution in [1.29, 1.82) is 0 Å². The fraction of sp³-hybridized carbons (Fsp3) is 0.933. The Morgan fingerprint density at radius 2 is 1.17 bits per heavy atom. The molecule has 3 heteroatoms. The average molecular weight is 257 g/mol. The standard InChI is InChI=1S/C15H31NO2/c1-2-3-4-5-6-7-8-9-10-11-12-13-14-18-15(16)17/h2-14H2,1H3,(H2,16,17). The summed E-state index contributed by atoms with van der Waals surface area (Å²) in [4.78, 5) is 10.3. The Labute approximate surface area is 112 Å². The van der Waals surface area contributed by atoms with Gasteiger partial charge in [-0.2, -0.15) is 0 Å². The zero-order chi connectivity index (χ0) is 13.5. The first-order chi connectivity index (χ1) is 8.77. The fourth-order valence-corrected chi connectivity index (χ4v) is 2.12. The molecule has 0 saturated carbocycles. The Balaban J connectivity index is 2.92. The molecule has 0 bridgehead atoms. The zero-order valence-electron chi connectivity index (χ0n) is 12.1. The lowest BCUT2D eigenvalue weighted by Gasteiger charge is -2.03. The van der Waals surface area contributed by atoms with Gasteiger partial charge in [-0.25, -0.2) is 4.79 Å². The molecular formula is C15H31NO2. The smallest absolute Gasteiger partial charge is 0.404 e. The van der Waals surface area contributed by atoms with Gasteiger partial charge in [-0.1, -0.05) is 77.6 Å². The van der Waals surface area contributed by atoms with Crippen LogP contribution in [-0.2, 0) is 4.74 Å². The van der Waals surface area contributed by atoms with Crippen LogP contribution in [0.3, 0.4) is 0 Å². The Kier molecular flexibility index (Phi) is 13.8. The van der Waals surface area contributed by atoms with Crippen LogP contribution in [0.15, 0.2) is 0 Å². The predicted molar refractivity (Wildman–Crippen MR) is 76.6 cm³/mol. The van der Waals surface area contributed by atoms with Gasteiger partial charge in [0.1, 0.15) is 0 Å². The van der Waals surface area contributed by atoms with Gasteiger partial charge in [0.2, 0.25) is 0 Å². The van der Waals surface area contributed by atoms with E-state index in [4.69, 9.17) is 5.73 Å². The Morgan fingerprint density at radius 1 is 0.778 bits per heavy atom. The predicted octanol–water partition coefficient (Wildman–Crippen LogP) is 4.78. The zero-order valence-corrected chi connectivity index (χ0v) is 12.1.